The molecule has 0 fully saturated rings. The van der Waals surface area contributed by atoms with Crippen molar-refractivity contribution in [1.82, 2.24) is 0 Å². The third-order valence-electron chi connectivity index (χ3n) is 1.66. The second-order valence-corrected chi connectivity index (χ2v) is 3.20. The molecule has 0 rings (SSSR count). The van der Waals surface area contributed by atoms with Crippen molar-refractivity contribution >= 4 is 0 Å². The molecule has 0 saturated heterocycles. The van der Waals surface area contributed by atoms with Gasteiger partial charge in [-0.3, -0.25) is 0 Å². The predicted octanol–water partition coefficient (Wildman–Crippen LogP) is 2.64. The van der Waals surface area contributed by atoms with Crippen LogP contribution in [0.2, 0.25) is 0 Å². The van der Waals surface area contributed by atoms with Gasteiger partial charge in [0, 0.05) is 11.5 Å². The Kier molecular flexibility index (Phi) is 4.81. The van der Waals surface area contributed by atoms with E-state index in [2.05, 4.69) is 12.1 Å². The van der Waals surface area contributed by atoms with Crippen LogP contribution < -0.4 is 0 Å². The number of allylic oxidation sites excluding steroid dienone is 2. The van der Waals surface area contributed by atoms with Crippen LogP contribution in [0.5, 0.6) is 0 Å². The SMILES string of the molecule is CC(C#N)=CC(C)CC(C)C#N. The molecule has 2 unspecified atom stereocenters. The van der Waals surface area contributed by atoms with E-state index in [9.17, 15) is 0 Å². The lowest BCUT2D eigenvalue weighted by molar-refractivity contribution is 0.551. The van der Waals surface area contributed by atoms with Crippen LogP contribution in [0.15, 0.2) is 11.6 Å². The summed E-state index contributed by atoms with van der Waals surface area (Å²) in [7, 11) is 0. The summed E-state index contributed by atoms with van der Waals surface area (Å²) in [6.45, 7) is 5.70. The van der Waals surface area contributed by atoms with E-state index < -0.39 is 0 Å². The average molecular weight is 162 g/mol. The molecule has 2 nitrogen and oxygen atoms in total. The smallest absolute Gasteiger partial charge is 0.0940 e. The zero-order chi connectivity index (χ0) is 9.56. The van der Waals surface area contributed by atoms with Crippen LogP contribution in [0, 0.1) is 34.5 Å². The fraction of sp³-hybridized carbons (Fsp3) is 0.600. The Morgan fingerprint density at radius 1 is 1.42 bits per heavy atom. The standard InChI is InChI=1S/C10H14N2/c1-8(4-9(2)6-11)5-10(3)7-12/h4,8,10H,5H2,1-3H3. The quantitative estimate of drug-likeness (QED) is 0.599. The van der Waals surface area contributed by atoms with Crippen LogP contribution in [-0.2, 0) is 0 Å². The molecule has 64 valence electrons. The van der Waals surface area contributed by atoms with E-state index in [1.54, 1.807) is 6.92 Å². The molecule has 0 aliphatic carbocycles. The topological polar surface area (TPSA) is 47.6 Å². The van der Waals surface area contributed by atoms with Crippen LogP contribution in [0.3, 0.4) is 0 Å². The molecule has 0 N–H and O–H groups in total. The summed E-state index contributed by atoms with van der Waals surface area (Å²) >= 11 is 0. The Balaban J connectivity index is 4.01. The Bertz CT molecular complexity index is 240. The van der Waals surface area contributed by atoms with Gasteiger partial charge >= 0.3 is 0 Å². The lowest BCUT2D eigenvalue weighted by Gasteiger charge is -2.06. The zero-order valence-electron chi connectivity index (χ0n) is 7.83. The summed E-state index contributed by atoms with van der Waals surface area (Å²) in [5.41, 5.74) is 0.729. The molecule has 2 atom stereocenters. The third kappa shape index (κ3) is 4.52. The Hall–Kier alpha value is -1.28. The maximum absolute atomic E-state index is 8.54. The molecule has 0 saturated carbocycles. The first-order valence-electron chi connectivity index (χ1n) is 4.08. The van der Waals surface area contributed by atoms with Crippen molar-refractivity contribution in [2.45, 2.75) is 27.2 Å². The molecular formula is C10H14N2. The van der Waals surface area contributed by atoms with Gasteiger partial charge in [-0.1, -0.05) is 13.0 Å². The molecule has 0 amide bonds. The largest absolute Gasteiger partial charge is 0.198 e. The highest BCUT2D eigenvalue weighted by Gasteiger charge is 2.05. The lowest BCUT2D eigenvalue weighted by Crippen LogP contribution is -1.98. The summed E-state index contributed by atoms with van der Waals surface area (Å²) in [6.07, 6.45) is 2.74. The molecule has 0 heterocycles. The molecule has 0 aliphatic heterocycles. The van der Waals surface area contributed by atoms with Crippen LogP contribution in [0.1, 0.15) is 27.2 Å². The van der Waals surface area contributed by atoms with Gasteiger partial charge in [-0.05, 0) is 26.2 Å². The minimum absolute atomic E-state index is 0.0720. The summed E-state index contributed by atoms with van der Waals surface area (Å²) in [4.78, 5) is 0. The average Bonchev–Trinajstić information content (AvgIpc) is 2.03. The van der Waals surface area contributed by atoms with Crippen LogP contribution in [0.4, 0.5) is 0 Å². The van der Waals surface area contributed by atoms with Crippen LogP contribution in [0.25, 0.3) is 0 Å². The van der Waals surface area contributed by atoms with Crippen molar-refractivity contribution in [2.75, 3.05) is 0 Å². The zero-order valence-corrected chi connectivity index (χ0v) is 7.83. The molecule has 2 heteroatoms. The first-order chi connectivity index (χ1) is 5.60. The normalized spacial score (nSPS) is 15.9. The minimum Gasteiger partial charge on any atom is -0.198 e. The fourth-order valence-electron chi connectivity index (χ4n) is 1.14. The third-order valence-corrected chi connectivity index (χ3v) is 1.66. The maximum Gasteiger partial charge on any atom is 0.0940 e. The molecule has 0 aromatic rings. The van der Waals surface area contributed by atoms with Crippen LogP contribution >= 0.6 is 0 Å². The second kappa shape index (κ2) is 5.38. The van der Waals surface area contributed by atoms with E-state index in [1.165, 1.54) is 0 Å². The molecule has 0 bridgehead atoms. The summed E-state index contributed by atoms with van der Waals surface area (Å²) in [6, 6.07) is 4.24. The van der Waals surface area contributed by atoms with Crippen molar-refractivity contribution in [3.8, 4) is 12.1 Å². The van der Waals surface area contributed by atoms with Gasteiger partial charge < -0.3 is 0 Å². The van der Waals surface area contributed by atoms with Crippen molar-refractivity contribution in [1.29, 1.82) is 10.5 Å². The first-order valence-corrected chi connectivity index (χ1v) is 4.08. The number of hydrogen-bond donors (Lipinski definition) is 0. The van der Waals surface area contributed by atoms with E-state index in [1.807, 2.05) is 19.9 Å². The van der Waals surface area contributed by atoms with Crippen molar-refractivity contribution < 1.29 is 0 Å². The Morgan fingerprint density at radius 2 is 2.00 bits per heavy atom. The highest BCUT2D eigenvalue weighted by Crippen LogP contribution is 2.13. The number of nitrogens with zero attached hydrogens (tertiary/aromatic N) is 2. The fourth-order valence-corrected chi connectivity index (χ4v) is 1.14. The molecular weight excluding hydrogens is 148 g/mol. The first kappa shape index (κ1) is 10.7. The monoisotopic (exact) mass is 162 g/mol. The van der Waals surface area contributed by atoms with Gasteiger partial charge in [-0.25, -0.2) is 0 Å². The molecule has 12 heavy (non-hydrogen) atoms. The van der Waals surface area contributed by atoms with Gasteiger partial charge in [0.2, 0.25) is 0 Å². The maximum atomic E-state index is 8.54. The van der Waals surface area contributed by atoms with Crippen molar-refractivity contribution in [3.63, 3.8) is 0 Å². The Morgan fingerprint density at radius 3 is 2.42 bits per heavy atom. The Labute approximate surface area is 74.1 Å². The predicted molar refractivity (Wildman–Crippen MR) is 47.9 cm³/mol. The highest BCUT2D eigenvalue weighted by molar-refractivity contribution is 5.18. The molecule has 0 aromatic carbocycles. The van der Waals surface area contributed by atoms with Gasteiger partial charge in [0.25, 0.3) is 0 Å². The van der Waals surface area contributed by atoms with Crippen molar-refractivity contribution in [3.05, 3.63) is 11.6 Å². The van der Waals surface area contributed by atoms with E-state index in [0.717, 1.165) is 12.0 Å². The summed E-state index contributed by atoms with van der Waals surface area (Å²) in [5.74, 6) is 0.391. The van der Waals surface area contributed by atoms with Crippen LogP contribution in [-0.4, -0.2) is 0 Å². The van der Waals surface area contributed by atoms with Crippen molar-refractivity contribution in [2.24, 2.45) is 11.8 Å². The molecule has 0 radical (unpaired) electrons. The van der Waals surface area contributed by atoms with E-state index >= 15 is 0 Å². The number of nitriles is 2. The van der Waals surface area contributed by atoms with Gasteiger partial charge in [0.15, 0.2) is 0 Å². The second-order valence-electron chi connectivity index (χ2n) is 3.20. The van der Waals surface area contributed by atoms with Gasteiger partial charge in [-0.2, -0.15) is 10.5 Å². The van der Waals surface area contributed by atoms with Gasteiger partial charge in [0.05, 0.1) is 12.1 Å². The summed E-state index contributed by atoms with van der Waals surface area (Å²) < 4.78 is 0. The lowest BCUT2D eigenvalue weighted by atomic mass is 9.97. The number of rotatable bonds is 3. The van der Waals surface area contributed by atoms with Gasteiger partial charge in [0.1, 0.15) is 0 Å². The molecule has 0 aliphatic rings. The highest BCUT2D eigenvalue weighted by atomic mass is 14.3. The van der Waals surface area contributed by atoms with Gasteiger partial charge in [-0.15, -0.1) is 0 Å². The summed E-state index contributed by atoms with van der Waals surface area (Å²) in [5, 5.41) is 17.0. The minimum atomic E-state index is 0.0720. The van der Waals surface area contributed by atoms with E-state index in [0.29, 0.717) is 5.92 Å². The van der Waals surface area contributed by atoms with E-state index in [-0.39, 0.29) is 5.92 Å². The van der Waals surface area contributed by atoms with E-state index in [4.69, 9.17) is 10.5 Å². The number of hydrogen-bond acceptors (Lipinski definition) is 2. The molecule has 0 spiro atoms. The molecule has 0 aromatic heterocycles.